The van der Waals surface area contributed by atoms with E-state index in [0.29, 0.717) is 23.1 Å². The number of hydrogen-bond acceptors (Lipinski definition) is 2. The Kier molecular flexibility index (Phi) is 3.25. The first-order valence-corrected chi connectivity index (χ1v) is 5.87. The van der Waals surface area contributed by atoms with E-state index in [4.69, 9.17) is 5.73 Å². The van der Waals surface area contributed by atoms with Gasteiger partial charge >= 0.3 is 0 Å². The molecule has 16 heavy (non-hydrogen) atoms. The minimum Gasteiger partial charge on any atom is -0.337 e. The lowest BCUT2D eigenvalue weighted by molar-refractivity contribution is 0.0789. The van der Waals surface area contributed by atoms with E-state index in [1.807, 2.05) is 0 Å². The first kappa shape index (κ1) is 11.5. The molecule has 3 nitrogen and oxygen atoms in total. The number of nitrogens with zero attached hydrogens (tertiary/aromatic N) is 1. The molecule has 1 heterocycles. The number of likely N-dealkylation sites (tertiary alicyclic amines) is 1. The van der Waals surface area contributed by atoms with Gasteiger partial charge in [-0.1, -0.05) is 0 Å². The molecule has 1 aromatic carbocycles. The SMILES string of the molecule is N[C@H]1CCN(C(=O)c2cc(F)ccc2Br)C1. The van der Waals surface area contributed by atoms with E-state index >= 15 is 0 Å². The third kappa shape index (κ3) is 2.25. The van der Waals surface area contributed by atoms with Crippen LogP contribution in [0.25, 0.3) is 0 Å². The van der Waals surface area contributed by atoms with Gasteiger partial charge in [0.25, 0.3) is 5.91 Å². The zero-order valence-electron chi connectivity index (χ0n) is 8.62. The van der Waals surface area contributed by atoms with Crippen molar-refractivity contribution in [1.29, 1.82) is 0 Å². The molecule has 5 heteroatoms. The number of nitrogens with two attached hydrogens (primary N) is 1. The van der Waals surface area contributed by atoms with Gasteiger partial charge in [-0.05, 0) is 40.5 Å². The zero-order valence-corrected chi connectivity index (χ0v) is 10.2. The van der Waals surface area contributed by atoms with Crippen LogP contribution in [0.4, 0.5) is 4.39 Å². The number of rotatable bonds is 1. The van der Waals surface area contributed by atoms with Gasteiger partial charge in [0, 0.05) is 23.6 Å². The van der Waals surface area contributed by atoms with Crippen LogP contribution in [0.1, 0.15) is 16.8 Å². The molecular weight excluding hydrogens is 275 g/mol. The Balaban J connectivity index is 2.23. The lowest BCUT2D eigenvalue weighted by Gasteiger charge is -2.16. The van der Waals surface area contributed by atoms with Crippen molar-refractivity contribution >= 4 is 21.8 Å². The van der Waals surface area contributed by atoms with Gasteiger partial charge in [-0.2, -0.15) is 0 Å². The minimum atomic E-state index is -0.407. The first-order valence-electron chi connectivity index (χ1n) is 5.08. The Morgan fingerprint density at radius 1 is 1.56 bits per heavy atom. The van der Waals surface area contributed by atoms with Crippen molar-refractivity contribution in [1.82, 2.24) is 4.90 Å². The molecule has 1 aliphatic heterocycles. The third-order valence-corrected chi connectivity index (χ3v) is 3.36. The molecule has 86 valence electrons. The lowest BCUT2D eigenvalue weighted by Crippen LogP contribution is -2.32. The topological polar surface area (TPSA) is 46.3 Å². The van der Waals surface area contributed by atoms with Crippen LogP contribution < -0.4 is 5.73 Å². The van der Waals surface area contributed by atoms with Crippen LogP contribution in [0.15, 0.2) is 22.7 Å². The minimum absolute atomic E-state index is 0.0382. The molecule has 0 radical (unpaired) electrons. The van der Waals surface area contributed by atoms with E-state index in [1.54, 1.807) is 11.0 Å². The predicted octanol–water partition coefficient (Wildman–Crippen LogP) is 1.76. The highest BCUT2D eigenvalue weighted by atomic mass is 79.9. The Morgan fingerprint density at radius 2 is 2.31 bits per heavy atom. The average molecular weight is 287 g/mol. The fraction of sp³-hybridized carbons (Fsp3) is 0.364. The first-order chi connectivity index (χ1) is 7.58. The summed E-state index contributed by atoms with van der Waals surface area (Å²) in [5.41, 5.74) is 6.08. The summed E-state index contributed by atoms with van der Waals surface area (Å²) in [6, 6.07) is 4.14. The molecule has 0 spiro atoms. The Hall–Kier alpha value is -0.940. The molecule has 0 aliphatic carbocycles. The molecule has 1 aliphatic rings. The van der Waals surface area contributed by atoms with Gasteiger partial charge in [0.05, 0.1) is 5.56 Å². The number of benzene rings is 1. The number of amides is 1. The van der Waals surface area contributed by atoms with Crippen molar-refractivity contribution in [3.8, 4) is 0 Å². The van der Waals surface area contributed by atoms with Crippen molar-refractivity contribution < 1.29 is 9.18 Å². The molecule has 1 amide bonds. The van der Waals surface area contributed by atoms with Crippen molar-refractivity contribution in [2.24, 2.45) is 5.73 Å². The highest BCUT2D eigenvalue weighted by Gasteiger charge is 2.25. The van der Waals surface area contributed by atoms with Gasteiger partial charge in [0.2, 0.25) is 0 Å². The number of hydrogen-bond donors (Lipinski definition) is 1. The van der Waals surface area contributed by atoms with Gasteiger partial charge in [0.15, 0.2) is 0 Å². The van der Waals surface area contributed by atoms with Crippen molar-refractivity contribution in [3.05, 3.63) is 34.1 Å². The van der Waals surface area contributed by atoms with Gasteiger partial charge in [0.1, 0.15) is 5.82 Å². The normalized spacial score (nSPS) is 20.2. The molecule has 1 saturated heterocycles. The summed E-state index contributed by atoms with van der Waals surface area (Å²) in [6.07, 6.45) is 0.804. The summed E-state index contributed by atoms with van der Waals surface area (Å²) in [5, 5.41) is 0. The van der Waals surface area contributed by atoms with E-state index < -0.39 is 5.82 Å². The van der Waals surface area contributed by atoms with Gasteiger partial charge in [-0.25, -0.2) is 4.39 Å². The van der Waals surface area contributed by atoms with E-state index in [1.165, 1.54) is 12.1 Å². The van der Waals surface area contributed by atoms with Crippen LogP contribution in [-0.4, -0.2) is 29.9 Å². The van der Waals surface area contributed by atoms with Crippen LogP contribution in [0, 0.1) is 5.82 Å². The third-order valence-electron chi connectivity index (χ3n) is 2.67. The van der Waals surface area contributed by atoms with Gasteiger partial charge in [-0.15, -0.1) is 0 Å². The highest BCUT2D eigenvalue weighted by Crippen LogP contribution is 2.21. The van der Waals surface area contributed by atoms with E-state index in [0.717, 1.165) is 6.42 Å². The van der Waals surface area contributed by atoms with E-state index in [-0.39, 0.29) is 11.9 Å². The van der Waals surface area contributed by atoms with Crippen LogP contribution in [0.2, 0.25) is 0 Å². The molecule has 0 unspecified atom stereocenters. The molecule has 0 saturated carbocycles. The molecule has 2 N–H and O–H groups in total. The molecule has 0 bridgehead atoms. The highest BCUT2D eigenvalue weighted by molar-refractivity contribution is 9.10. The second-order valence-corrected chi connectivity index (χ2v) is 4.78. The summed E-state index contributed by atoms with van der Waals surface area (Å²) >= 11 is 3.25. The van der Waals surface area contributed by atoms with Gasteiger partial charge in [-0.3, -0.25) is 4.79 Å². The van der Waals surface area contributed by atoms with E-state index in [9.17, 15) is 9.18 Å². The molecule has 1 fully saturated rings. The Bertz CT molecular complexity index is 424. The summed E-state index contributed by atoms with van der Waals surface area (Å²) in [5.74, 6) is -0.575. The lowest BCUT2D eigenvalue weighted by atomic mass is 10.2. The second kappa shape index (κ2) is 4.51. The van der Waals surface area contributed by atoms with E-state index in [2.05, 4.69) is 15.9 Å². The predicted molar refractivity (Wildman–Crippen MR) is 62.6 cm³/mol. The zero-order chi connectivity index (χ0) is 11.7. The molecule has 2 rings (SSSR count). The van der Waals surface area contributed by atoms with Crippen LogP contribution in [0.3, 0.4) is 0 Å². The summed E-state index contributed by atoms with van der Waals surface area (Å²) < 4.78 is 13.7. The average Bonchev–Trinajstić information content (AvgIpc) is 2.67. The number of halogens is 2. The molecule has 1 atom stereocenters. The fourth-order valence-corrected chi connectivity index (χ4v) is 2.22. The maximum atomic E-state index is 13.1. The molecule has 1 aromatic rings. The maximum Gasteiger partial charge on any atom is 0.255 e. The number of carbonyl (C=O) groups excluding carboxylic acids is 1. The van der Waals surface area contributed by atoms with Crippen molar-refractivity contribution in [2.45, 2.75) is 12.5 Å². The summed E-state index contributed by atoms with van der Waals surface area (Å²) in [6.45, 7) is 1.19. The summed E-state index contributed by atoms with van der Waals surface area (Å²) in [4.78, 5) is 13.7. The monoisotopic (exact) mass is 286 g/mol. The van der Waals surface area contributed by atoms with Crippen LogP contribution >= 0.6 is 15.9 Å². The van der Waals surface area contributed by atoms with Crippen LogP contribution in [-0.2, 0) is 0 Å². The largest absolute Gasteiger partial charge is 0.337 e. The standard InChI is InChI=1S/C11H12BrFN2O/c12-10-2-1-7(13)5-9(10)11(16)15-4-3-8(14)6-15/h1-2,5,8H,3-4,6,14H2/t8-/m0/s1. The molecule has 0 aromatic heterocycles. The molecular formula is C11H12BrFN2O. The van der Waals surface area contributed by atoms with Crippen molar-refractivity contribution in [2.75, 3.05) is 13.1 Å². The van der Waals surface area contributed by atoms with Crippen LogP contribution in [0.5, 0.6) is 0 Å². The summed E-state index contributed by atoms with van der Waals surface area (Å²) in [7, 11) is 0. The Labute approximate surface area is 102 Å². The maximum absolute atomic E-state index is 13.1. The quantitative estimate of drug-likeness (QED) is 0.855. The Morgan fingerprint density at radius 3 is 2.94 bits per heavy atom. The fourth-order valence-electron chi connectivity index (χ4n) is 1.80. The second-order valence-electron chi connectivity index (χ2n) is 3.92. The van der Waals surface area contributed by atoms with Gasteiger partial charge < -0.3 is 10.6 Å². The smallest absolute Gasteiger partial charge is 0.255 e. The van der Waals surface area contributed by atoms with Crippen molar-refractivity contribution in [3.63, 3.8) is 0 Å². The number of carbonyl (C=O) groups is 1.